The van der Waals surface area contributed by atoms with Gasteiger partial charge in [0.25, 0.3) is 0 Å². The Bertz CT molecular complexity index is 586. The van der Waals surface area contributed by atoms with Gasteiger partial charge in [-0.25, -0.2) is 0 Å². The average Bonchev–Trinajstić information content (AvgIpc) is 2.64. The highest BCUT2D eigenvalue weighted by molar-refractivity contribution is 5.82. The van der Waals surface area contributed by atoms with E-state index in [1.165, 1.54) is 5.69 Å². The molecule has 0 saturated carbocycles. The van der Waals surface area contributed by atoms with Crippen molar-refractivity contribution in [3.05, 3.63) is 30.3 Å². The van der Waals surface area contributed by atoms with Crippen molar-refractivity contribution in [1.82, 2.24) is 16.0 Å². The SMILES string of the molecule is CN=C(NCCNC(=O)C(C)(C)C)NC1CCN(c2ccccc2)CC1. The number of nitrogens with zero attached hydrogens (tertiary/aromatic N) is 2. The van der Waals surface area contributed by atoms with E-state index < -0.39 is 0 Å². The Morgan fingerprint density at radius 1 is 1.12 bits per heavy atom. The molecule has 1 heterocycles. The minimum atomic E-state index is -0.355. The number of guanidine groups is 1. The van der Waals surface area contributed by atoms with Crippen LogP contribution < -0.4 is 20.9 Å². The zero-order chi connectivity index (χ0) is 19.0. The number of aliphatic imine (C=N–C) groups is 1. The number of piperidine rings is 1. The van der Waals surface area contributed by atoms with E-state index in [4.69, 9.17) is 0 Å². The van der Waals surface area contributed by atoms with Crippen LogP contribution >= 0.6 is 0 Å². The van der Waals surface area contributed by atoms with Crippen molar-refractivity contribution < 1.29 is 4.79 Å². The fraction of sp³-hybridized carbons (Fsp3) is 0.600. The van der Waals surface area contributed by atoms with E-state index in [1.807, 2.05) is 20.8 Å². The number of para-hydroxylation sites is 1. The van der Waals surface area contributed by atoms with Crippen LogP contribution in [0.25, 0.3) is 0 Å². The number of carbonyl (C=O) groups excluding carboxylic acids is 1. The first kappa shape index (κ1) is 20.1. The Labute approximate surface area is 157 Å². The van der Waals surface area contributed by atoms with Gasteiger partial charge in [-0.05, 0) is 25.0 Å². The molecule has 3 N–H and O–H groups in total. The zero-order valence-corrected chi connectivity index (χ0v) is 16.5. The Balaban J connectivity index is 1.68. The van der Waals surface area contributed by atoms with E-state index in [2.05, 4.69) is 56.2 Å². The van der Waals surface area contributed by atoms with Crippen LogP contribution in [0.15, 0.2) is 35.3 Å². The third-order valence-corrected chi connectivity index (χ3v) is 4.56. The van der Waals surface area contributed by atoms with Crippen LogP contribution in [0, 0.1) is 5.41 Å². The summed E-state index contributed by atoms with van der Waals surface area (Å²) in [5.74, 6) is 0.865. The van der Waals surface area contributed by atoms with Gasteiger partial charge in [0.05, 0.1) is 0 Å². The maximum absolute atomic E-state index is 11.9. The highest BCUT2D eigenvalue weighted by Crippen LogP contribution is 2.19. The molecule has 144 valence electrons. The van der Waals surface area contributed by atoms with Crippen LogP contribution in [0.4, 0.5) is 5.69 Å². The van der Waals surface area contributed by atoms with Gasteiger partial charge in [0, 0.05) is 50.4 Å². The Hall–Kier alpha value is -2.24. The van der Waals surface area contributed by atoms with Gasteiger partial charge in [0.1, 0.15) is 0 Å². The van der Waals surface area contributed by atoms with Crippen molar-refractivity contribution >= 4 is 17.6 Å². The van der Waals surface area contributed by atoms with Crippen LogP contribution in [-0.2, 0) is 4.79 Å². The van der Waals surface area contributed by atoms with E-state index in [0.29, 0.717) is 19.1 Å². The number of benzene rings is 1. The van der Waals surface area contributed by atoms with Crippen molar-refractivity contribution in [3.63, 3.8) is 0 Å². The summed E-state index contributed by atoms with van der Waals surface area (Å²) in [7, 11) is 1.78. The molecule has 6 heteroatoms. The van der Waals surface area contributed by atoms with Gasteiger partial charge < -0.3 is 20.9 Å². The van der Waals surface area contributed by atoms with E-state index >= 15 is 0 Å². The Kier molecular flexibility index (Phi) is 7.30. The number of hydrogen-bond donors (Lipinski definition) is 3. The molecule has 0 radical (unpaired) electrons. The molecule has 0 aliphatic carbocycles. The fourth-order valence-corrected chi connectivity index (χ4v) is 2.93. The number of nitrogens with one attached hydrogen (secondary N) is 3. The van der Waals surface area contributed by atoms with Crippen LogP contribution in [0.1, 0.15) is 33.6 Å². The summed E-state index contributed by atoms with van der Waals surface area (Å²) in [5, 5.41) is 9.71. The quantitative estimate of drug-likeness (QED) is 0.427. The van der Waals surface area contributed by atoms with Gasteiger partial charge in [-0.1, -0.05) is 39.0 Å². The summed E-state index contributed by atoms with van der Waals surface area (Å²) in [4.78, 5) is 18.6. The molecule has 1 aliphatic rings. The lowest BCUT2D eigenvalue weighted by Crippen LogP contribution is -2.50. The lowest BCUT2D eigenvalue weighted by atomic mass is 9.96. The van der Waals surface area contributed by atoms with Gasteiger partial charge >= 0.3 is 0 Å². The third-order valence-electron chi connectivity index (χ3n) is 4.56. The standard InChI is InChI=1S/C20H33N5O/c1-20(2,3)18(26)22-12-13-23-19(21-4)24-16-10-14-25(15-11-16)17-8-6-5-7-9-17/h5-9,16H,10-15H2,1-4H3,(H,22,26)(H2,21,23,24). The molecule has 0 aromatic heterocycles. The smallest absolute Gasteiger partial charge is 0.225 e. The molecule has 1 saturated heterocycles. The van der Waals surface area contributed by atoms with E-state index in [9.17, 15) is 4.79 Å². The normalized spacial score (nSPS) is 16.3. The summed E-state index contributed by atoms with van der Waals surface area (Å²) < 4.78 is 0. The molecule has 1 aliphatic heterocycles. The first-order chi connectivity index (χ1) is 12.4. The lowest BCUT2D eigenvalue weighted by molar-refractivity contribution is -0.128. The number of carbonyl (C=O) groups is 1. The Morgan fingerprint density at radius 2 is 1.73 bits per heavy atom. The third kappa shape index (κ3) is 6.24. The molecule has 1 aromatic rings. The maximum atomic E-state index is 11.9. The van der Waals surface area contributed by atoms with Crippen LogP contribution in [0.5, 0.6) is 0 Å². The van der Waals surface area contributed by atoms with Gasteiger partial charge in [0.15, 0.2) is 5.96 Å². The van der Waals surface area contributed by atoms with E-state index in [0.717, 1.165) is 31.9 Å². The molecular formula is C20H33N5O. The van der Waals surface area contributed by atoms with Crippen molar-refractivity contribution in [2.24, 2.45) is 10.4 Å². The molecule has 0 atom stereocenters. The predicted octanol–water partition coefficient (Wildman–Crippen LogP) is 1.98. The second-order valence-electron chi connectivity index (χ2n) is 7.75. The molecule has 0 bridgehead atoms. The Morgan fingerprint density at radius 3 is 2.31 bits per heavy atom. The molecule has 0 unspecified atom stereocenters. The van der Waals surface area contributed by atoms with Crippen molar-refractivity contribution in [2.45, 2.75) is 39.7 Å². The van der Waals surface area contributed by atoms with E-state index in [1.54, 1.807) is 7.05 Å². The highest BCUT2D eigenvalue weighted by Gasteiger charge is 2.21. The summed E-state index contributed by atoms with van der Waals surface area (Å²) in [5.41, 5.74) is 0.940. The molecule has 2 rings (SSSR count). The second-order valence-corrected chi connectivity index (χ2v) is 7.75. The number of hydrogen-bond acceptors (Lipinski definition) is 3. The van der Waals surface area contributed by atoms with Crippen molar-refractivity contribution in [3.8, 4) is 0 Å². The van der Waals surface area contributed by atoms with Gasteiger partial charge in [0.2, 0.25) is 5.91 Å². The fourth-order valence-electron chi connectivity index (χ4n) is 2.93. The monoisotopic (exact) mass is 359 g/mol. The first-order valence-electron chi connectivity index (χ1n) is 9.45. The van der Waals surface area contributed by atoms with Gasteiger partial charge in [-0.3, -0.25) is 9.79 Å². The minimum absolute atomic E-state index is 0.0653. The maximum Gasteiger partial charge on any atom is 0.225 e. The molecular weight excluding hydrogens is 326 g/mol. The van der Waals surface area contributed by atoms with E-state index in [-0.39, 0.29) is 11.3 Å². The molecule has 1 aromatic carbocycles. The summed E-state index contributed by atoms with van der Waals surface area (Å²) in [6.45, 7) is 9.07. The average molecular weight is 360 g/mol. The van der Waals surface area contributed by atoms with Crippen LogP contribution in [0.2, 0.25) is 0 Å². The topological polar surface area (TPSA) is 68.8 Å². The molecule has 26 heavy (non-hydrogen) atoms. The highest BCUT2D eigenvalue weighted by atomic mass is 16.2. The molecule has 1 fully saturated rings. The summed E-state index contributed by atoms with van der Waals surface area (Å²) in [6.07, 6.45) is 2.16. The summed E-state index contributed by atoms with van der Waals surface area (Å²) in [6, 6.07) is 11.0. The lowest BCUT2D eigenvalue weighted by Gasteiger charge is -2.34. The number of rotatable bonds is 5. The van der Waals surface area contributed by atoms with Crippen LogP contribution in [-0.4, -0.2) is 51.1 Å². The zero-order valence-electron chi connectivity index (χ0n) is 16.5. The summed E-state index contributed by atoms with van der Waals surface area (Å²) >= 11 is 0. The molecule has 0 spiro atoms. The molecule has 6 nitrogen and oxygen atoms in total. The van der Waals surface area contributed by atoms with Gasteiger partial charge in [-0.15, -0.1) is 0 Å². The minimum Gasteiger partial charge on any atom is -0.371 e. The van der Waals surface area contributed by atoms with Crippen molar-refractivity contribution in [2.75, 3.05) is 38.1 Å². The largest absolute Gasteiger partial charge is 0.371 e. The second kappa shape index (κ2) is 9.46. The van der Waals surface area contributed by atoms with Gasteiger partial charge in [-0.2, -0.15) is 0 Å². The first-order valence-corrected chi connectivity index (χ1v) is 9.45. The van der Waals surface area contributed by atoms with Crippen LogP contribution in [0.3, 0.4) is 0 Å². The predicted molar refractivity (Wildman–Crippen MR) is 109 cm³/mol. The number of anilines is 1. The number of amides is 1. The molecule has 1 amide bonds. The van der Waals surface area contributed by atoms with Crippen molar-refractivity contribution in [1.29, 1.82) is 0 Å².